The molecular weight excluding hydrogens is 260 g/mol. The summed E-state index contributed by atoms with van der Waals surface area (Å²) >= 11 is 0. The molecule has 1 N–H and O–H groups in total. The van der Waals surface area contributed by atoms with Gasteiger partial charge in [0.15, 0.2) is 0 Å². The van der Waals surface area contributed by atoms with E-state index in [4.69, 9.17) is 9.72 Å². The minimum Gasteiger partial charge on any atom is -0.384 e. The first kappa shape index (κ1) is 15.8. The third-order valence-electron chi connectivity index (χ3n) is 3.92. The number of hydrogen-bond donors (Lipinski definition) is 1. The van der Waals surface area contributed by atoms with Crippen molar-refractivity contribution in [2.75, 3.05) is 19.0 Å². The molecule has 0 bridgehead atoms. The van der Waals surface area contributed by atoms with Gasteiger partial charge in [0.05, 0.1) is 17.8 Å². The third-order valence-corrected chi connectivity index (χ3v) is 3.92. The van der Waals surface area contributed by atoms with Crippen LogP contribution in [-0.2, 0) is 11.3 Å². The van der Waals surface area contributed by atoms with Crippen molar-refractivity contribution in [1.29, 1.82) is 0 Å². The fourth-order valence-electron chi connectivity index (χ4n) is 2.47. The number of aromatic nitrogens is 1. The molecule has 0 radical (unpaired) electrons. The van der Waals surface area contributed by atoms with Crippen LogP contribution in [0.4, 0.5) is 5.69 Å². The molecule has 0 saturated heterocycles. The van der Waals surface area contributed by atoms with E-state index in [9.17, 15) is 0 Å². The average Bonchev–Trinajstić information content (AvgIpc) is 2.51. The van der Waals surface area contributed by atoms with Gasteiger partial charge in [0.1, 0.15) is 0 Å². The van der Waals surface area contributed by atoms with Gasteiger partial charge in [-0.2, -0.15) is 0 Å². The molecule has 0 aliphatic carbocycles. The lowest BCUT2D eigenvalue weighted by molar-refractivity contribution is 0.182. The Kier molecular flexibility index (Phi) is 5.57. The van der Waals surface area contributed by atoms with Gasteiger partial charge in [0.2, 0.25) is 0 Å². The number of nitrogens with one attached hydrogen (secondary N) is 1. The highest BCUT2D eigenvalue weighted by molar-refractivity contribution is 5.92. The maximum absolute atomic E-state index is 5.23. The van der Waals surface area contributed by atoms with E-state index >= 15 is 0 Å². The van der Waals surface area contributed by atoms with Crippen molar-refractivity contribution < 1.29 is 4.74 Å². The molecule has 0 spiro atoms. The van der Waals surface area contributed by atoms with Crippen LogP contribution in [-0.4, -0.2) is 18.6 Å². The molecule has 3 heteroatoms. The lowest BCUT2D eigenvalue weighted by Crippen LogP contribution is -2.04. The van der Waals surface area contributed by atoms with Crippen LogP contribution in [0.1, 0.15) is 50.8 Å². The summed E-state index contributed by atoms with van der Waals surface area (Å²) in [6.07, 6.45) is 2.26. The Labute approximate surface area is 127 Å². The fraction of sp³-hybridized carbons (Fsp3) is 0.500. The van der Waals surface area contributed by atoms with Crippen molar-refractivity contribution in [1.82, 2.24) is 4.98 Å². The first-order valence-corrected chi connectivity index (χ1v) is 7.86. The fourth-order valence-corrected chi connectivity index (χ4v) is 2.47. The molecule has 0 aliphatic rings. The van der Waals surface area contributed by atoms with E-state index < -0.39 is 0 Å². The zero-order chi connectivity index (χ0) is 15.2. The van der Waals surface area contributed by atoms with Crippen LogP contribution in [0.3, 0.4) is 0 Å². The van der Waals surface area contributed by atoms with Crippen LogP contribution in [0.2, 0.25) is 0 Å². The molecule has 1 atom stereocenters. The van der Waals surface area contributed by atoms with Gasteiger partial charge in [-0.05, 0) is 42.5 Å². The Hall–Kier alpha value is -1.61. The Morgan fingerprint density at radius 1 is 1.24 bits per heavy atom. The van der Waals surface area contributed by atoms with Crippen LogP contribution in [0.25, 0.3) is 10.9 Å². The number of anilines is 1. The molecular formula is C18H26N2O. The average molecular weight is 286 g/mol. The monoisotopic (exact) mass is 286 g/mol. The second-order valence-electron chi connectivity index (χ2n) is 5.61. The van der Waals surface area contributed by atoms with Gasteiger partial charge in [-0.25, -0.2) is 0 Å². The Morgan fingerprint density at radius 2 is 2.05 bits per heavy atom. The smallest absolute Gasteiger partial charge is 0.0885 e. The molecule has 0 aliphatic heterocycles. The number of hydrogen-bond acceptors (Lipinski definition) is 3. The number of ether oxygens (including phenoxy) is 1. The van der Waals surface area contributed by atoms with Crippen LogP contribution >= 0.6 is 0 Å². The molecule has 21 heavy (non-hydrogen) atoms. The summed E-state index contributed by atoms with van der Waals surface area (Å²) in [6.45, 7) is 8.19. The molecule has 0 amide bonds. The van der Waals surface area contributed by atoms with E-state index in [1.165, 1.54) is 16.6 Å². The predicted molar refractivity (Wildman–Crippen MR) is 89.9 cm³/mol. The normalized spacial score (nSPS) is 12.6. The molecule has 1 heterocycles. The zero-order valence-electron chi connectivity index (χ0n) is 13.6. The molecule has 1 unspecified atom stereocenters. The van der Waals surface area contributed by atoms with E-state index in [2.05, 4.69) is 50.4 Å². The van der Waals surface area contributed by atoms with Crippen molar-refractivity contribution in [2.45, 2.75) is 46.1 Å². The number of rotatable bonds is 7. The molecule has 2 aromatic rings. The third kappa shape index (κ3) is 3.73. The summed E-state index contributed by atoms with van der Waals surface area (Å²) in [6, 6.07) is 8.73. The minimum atomic E-state index is 0.545. The Morgan fingerprint density at radius 3 is 2.71 bits per heavy atom. The minimum absolute atomic E-state index is 0.545. The van der Waals surface area contributed by atoms with Crippen LogP contribution < -0.4 is 5.32 Å². The molecule has 2 rings (SSSR count). The standard InChI is InChI=1S/C18H26N2O/c1-5-9-19-18-11-15(12-21-4)20-17-8-7-14(10-16(17)18)13(3)6-2/h7-8,10-11,13H,5-6,9,12H2,1-4H3,(H,19,20). The summed E-state index contributed by atoms with van der Waals surface area (Å²) in [5, 5.41) is 4.73. The van der Waals surface area contributed by atoms with Gasteiger partial charge in [0.25, 0.3) is 0 Å². The van der Waals surface area contributed by atoms with E-state index in [1.54, 1.807) is 7.11 Å². The Bertz CT molecular complexity index is 595. The molecule has 0 fully saturated rings. The number of benzene rings is 1. The number of pyridine rings is 1. The van der Waals surface area contributed by atoms with Gasteiger partial charge in [0, 0.05) is 24.7 Å². The van der Waals surface area contributed by atoms with Gasteiger partial charge in [-0.15, -0.1) is 0 Å². The summed E-state index contributed by atoms with van der Waals surface area (Å²) in [5.74, 6) is 0.576. The first-order valence-electron chi connectivity index (χ1n) is 7.86. The largest absolute Gasteiger partial charge is 0.384 e. The van der Waals surface area contributed by atoms with Gasteiger partial charge < -0.3 is 10.1 Å². The highest BCUT2D eigenvalue weighted by atomic mass is 16.5. The quantitative estimate of drug-likeness (QED) is 0.800. The van der Waals surface area contributed by atoms with Crippen molar-refractivity contribution in [3.05, 3.63) is 35.5 Å². The molecule has 1 aromatic heterocycles. The first-order chi connectivity index (χ1) is 10.2. The molecule has 114 valence electrons. The highest BCUT2D eigenvalue weighted by Crippen LogP contribution is 2.28. The summed E-state index contributed by atoms with van der Waals surface area (Å²) in [4.78, 5) is 4.69. The molecule has 3 nitrogen and oxygen atoms in total. The number of nitrogens with zero attached hydrogens (tertiary/aromatic N) is 1. The summed E-state index contributed by atoms with van der Waals surface area (Å²) in [7, 11) is 1.71. The van der Waals surface area contributed by atoms with Crippen LogP contribution in [0.5, 0.6) is 0 Å². The zero-order valence-corrected chi connectivity index (χ0v) is 13.6. The Balaban J connectivity index is 2.50. The molecule has 1 aromatic carbocycles. The molecule has 0 saturated carbocycles. The second kappa shape index (κ2) is 7.41. The van der Waals surface area contributed by atoms with Crippen LogP contribution in [0.15, 0.2) is 24.3 Å². The topological polar surface area (TPSA) is 34.1 Å². The lowest BCUT2D eigenvalue weighted by atomic mass is 9.96. The number of fused-ring (bicyclic) bond motifs is 1. The maximum atomic E-state index is 5.23. The SMILES string of the molecule is CCCNc1cc(COC)nc2ccc(C(C)CC)cc12. The van der Waals surface area contributed by atoms with Gasteiger partial charge >= 0.3 is 0 Å². The summed E-state index contributed by atoms with van der Waals surface area (Å²) < 4.78 is 5.23. The van der Waals surface area contributed by atoms with E-state index in [0.29, 0.717) is 12.5 Å². The van der Waals surface area contributed by atoms with Crippen molar-refractivity contribution >= 4 is 16.6 Å². The van der Waals surface area contributed by atoms with Crippen molar-refractivity contribution in [3.8, 4) is 0 Å². The maximum Gasteiger partial charge on any atom is 0.0885 e. The predicted octanol–water partition coefficient (Wildman–Crippen LogP) is 4.72. The van der Waals surface area contributed by atoms with E-state index in [0.717, 1.165) is 30.6 Å². The summed E-state index contributed by atoms with van der Waals surface area (Å²) in [5.41, 5.74) is 4.56. The van der Waals surface area contributed by atoms with E-state index in [1.807, 2.05) is 0 Å². The van der Waals surface area contributed by atoms with Crippen LogP contribution in [0, 0.1) is 0 Å². The van der Waals surface area contributed by atoms with Crippen molar-refractivity contribution in [2.24, 2.45) is 0 Å². The van der Waals surface area contributed by atoms with Gasteiger partial charge in [-0.3, -0.25) is 4.98 Å². The van der Waals surface area contributed by atoms with Crippen molar-refractivity contribution in [3.63, 3.8) is 0 Å². The van der Waals surface area contributed by atoms with E-state index in [-0.39, 0.29) is 0 Å². The highest BCUT2D eigenvalue weighted by Gasteiger charge is 2.09. The lowest BCUT2D eigenvalue weighted by Gasteiger charge is -2.14. The second-order valence-corrected chi connectivity index (χ2v) is 5.61. The number of methoxy groups -OCH3 is 1. The van der Waals surface area contributed by atoms with Gasteiger partial charge in [-0.1, -0.05) is 26.8 Å².